The summed E-state index contributed by atoms with van der Waals surface area (Å²) in [5.41, 5.74) is 3.87. The number of hydrogen-bond acceptors (Lipinski definition) is 2. The topological polar surface area (TPSA) is 38.0 Å². The van der Waals surface area contributed by atoms with Gasteiger partial charge < -0.3 is 5.11 Å². The first kappa shape index (κ1) is 11.5. The molecule has 0 aliphatic rings. The van der Waals surface area contributed by atoms with Crippen LogP contribution in [0.2, 0.25) is 0 Å². The maximum absolute atomic E-state index is 9.92. The van der Waals surface area contributed by atoms with Crippen molar-refractivity contribution in [3.8, 4) is 22.6 Å². The van der Waals surface area contributed by atoms with Gasteiger partial charge in [-0.05, 0) is 36.8 Å². The fourth-order valence-electron chi connectivity index (χ4n) is 2.16. The molecule has 0 aliphatic heterocycles. The van der Waals surface area contributed by atoms with E-state index in [1.807, 2.05) is 60.1 Å². The summed E-state index contributed by atoms with van der Waals surface area (Å²) in [6.07, 6.45) is 1.78. The highest BCUT2D eigenvalue weighted by Gasteiger charge is 2.06. The van der Waals surface area contributed by atoms with Crippen molar-refractivity contribution in [2.24, 2.45) is 0 Å². The van der Waals surface area contributed by atoms with Crippen molar-refractivity contribution >= 4 is 0 Å². The molecule has 0 amide bonds. The lowest BCUT2D eigenvalue weighted by molar-refractivity contribution is 0.477. The lowest BCUT2D eigenvalue weighted by atomic mass is 10.0. The van der Waals surface area contributed by atoms with Crippen LogP contribution in [-0.2, 0) is 0 Å². The number of phenolic OH excluding ortho intramolecular Hbond substituents is 1. The molecule has 3 heteroatoms. The van der Waals surface area contributed by atoms with Crippen LogP contribution in [0.4, 0.5) is 0 Å². The Morgan fingerprint density at radius 2 is 1.84 bits per heavy atom. The first-order valence-electron chi connectivity index (χ1n) is 6.15. The minimum Gasteiger partial charge on any atom is -0.507 e. The van der Waals surface area contributed by atoms with Gasteiger partial charge in [-0.2, -0.15) is 5.10 Å². The van der Waals surface area contributed by atoms with E-state index >= 15 is 0 Å². The molecule has 1 aromatic heterocycles. The highest BCUT2D eigenvalue weighted by Crippen LogP contribution is 2.29. The Morgan fingerprint density at radius 3 is 2.58 bits per heavy atom. The van der Waals surface area contributed by atoms with Gasteiger partial charge >= 0.3 is 0 Å². The standard InChI is InChI=1S/C16H14N2O/c1-12-9-10-17-18(12)14-6-4-5-13(11-14)15-7-2-3-8-16(15)19/h2-11,19H,1H3. The van der Waals surface area contributed by atoms with Crippen LogP contribution in [0.1, 0.15) is 5.69 Å². The fourth-order valence-corrected chi connectivity index (χ4v) is 2.16. The number of hydrogen-bond donors (Lipinski definition) is 1. The Labute approximate surface area is 111 Å². The first-order chi connectivity index (χ1) is 9.25. The summed E-state index contributed by atoms with van der Waals surface area (Å²) in [7, 11) is 0. The average Bonchev–Trinajstić information content (AvgIpc) is 2.86. The Bertz CT molecular complexity index is 716. The molecular formula is C16H14N2O. The minimum absolute atomic E-state index is 0.289. The molecule has 0 aliphatic carbocycles. The fraction of sp³-hybridized carbons (Fsp3) is 0.0625. The van der Waals surface area contributed by atoms with E-state index in [2.05, 4.69) is 5.10 Å². The van der Waals surface area contributed by atoms with Crippen molar-refractivity contribution in [1.29, 1.82) is 0 Å². The third-order valence-electron chi connectivity index (χ3n) is 3.14. The lowest BCUT2D eigenvalue weighted by Crippen LogP contribution is -1.98. The normalized spacial score (nSPS) is 10.6. The molecule has 0 saturated heterocycles. The van der Waals surface area contributed by atoms with Gasteiger partial charge in [-0.25, -0.2) is 4.68 Å². The molecule has 0 spiro atoms. The molecule has 3 nitrogen and oxygen atoms in total. The molecule has 0 fully saturated rings. The Morgan fingerprint density at radius 1 is 1.00 bits per heavy atom. The lowest BCUT2D eigenvalue weighted by Gasteiger charge is -2.08. The van der Waals surface area contributed by atoms with Gasteiger partial charge in [0.25, 0.3) is 0 Å². The molecular weight excluding hydrogens is 236 g/mol. The smallest absolute Gasteiger partial charge is 0.123 e. The van der Waals surface area contributed by atoms with Gasteiger partial charge in [0, 0.05) is 17.5 Å². The molecule has 19 heavy (non-hydrogen) atoms. The molecule has 1 N–H and O–H groups in total. The zero-order valence-electron chi connectivity index (χ0n) is 10.6. The Balaban J connectivity index is 2.11. The van der Waals surface area contributed by atoms with Crippen molar-refractivity contribution in [3.63, 3.8) is 0 Å². The van der Waals surface area contributed by atoms with Gasteiger partial charge in [-0.1, -0.05) is 30.3 Å². The number of aromatic nitrogens is 2. The van der Waals surface area contributed by atoms with Crippen molar-refractivity contribution in [1.82, 2.24) is 9.78 Å². The quantitative estimate of drug-likeness (QED) is 0.755. The van der Waals surface area contributed by atoms with E-state index in [0.29, 0.717) is 0 Å². The zero-order chi connectivity index (χ0) is 13.2. The molecule has 94 valence electrons. The van der Waals surface area contributed by atoms with E-state index in [1.54, 1.807) is 12.3 Å². The summed E-state index contributed by atoms with van der Waals surface area (Å²) < 4.78 is 1.88. The number of phenols is 1. The van der Waals surface area contributed by atoms with E-state index in [-0.39, 0.29) is 5.75 Å². The van der Waals surface area contributed by atoms with Crippen LogP contribution in [0.15, 0.2) is 60.8 Å². The predicted octanol–water partition coefficient (Wildman–Crippen LogP) is 3.55. The SMILES string of the molecule is Cc1ccnn1-c1cccc(-c2ccccc2O)c1. The largest absolute Gasteiger partial charge is 0.507 e. The molecule has 0 saturated carbocycles. The number of aryl methyl sites for hydroxylation is 1. The number of rotatable bonds is 2. The summed E-state index contributed by atoms with van der Waals surface area (Å²) in [5, 5.41) is 14.2. The second kappa shape index (κ2) is 4.61. The van der Waals surface area contributed by atoms with Crippen LogP contribution in [0.25, 0.3) is 16.8 Å². The first-order valence-corrected chi connectivity index (χ1v) is 6.15. The molecule has 3 aromatic rings. The van der Waals surface area contributed by atoms with Crippen molar-refractivity contribution in [2.45, 2.75) is 6.92 Å². The van der Waals surface area contributed by atoms with Crippen LogP contribution in [0.5, 0.6) is 5.75 Å². The van der Waals surface area contributed by atoms with E-state index in [4.69, 9.17) is 0 Å². The highest BCUT2D eigenvalue weighted by atomic mass is 16.3. The van der Waals surface area contributed by atoms with Crippen LogP contribution >= 0.6 is 0 Å². The molecule has 2 aromatic carbocycles. The third-order valence-corrected chi connectivity index (χ3v) is 3.14. The average molecular weight is 250 g/mol. The van der Waals surface area contributed by atoms with Crippen LogP contribution in [0.3, 0.4) is 0 Å². The predicted molar refractivity (Wildman–Crippen MR) is 75.4 cm³/mol. The maximum Gasteiger partial charge on any atom is 0.123 e. The summed E-state index contributed by atoms with van der Waals surface area (Å²) in [5.74, 6) is 0.289. The van der Waals surface area contributed by atoms with Crippen LogP contribution in [-0.4, -0.2) is 14.9 Å². The van der Waals surface area contributed by atoms with Gasteiger partial charge in [0.05, 0.1) is 5.69 Å². The number of para-hydroxylation sites is 1. The van der Waals surface area contributed by atoms with Crippen molar-refractivity contribution in [2.75, 3.05) is 0 Å². The summed E-state index contributed by atoms with van der Waals surface area (Å²) >= 11 is 0. The van der Waals surface area contributed by atoms with Crippen molar-refractivity contribution in [3.05, 3.63) is 66.5 Å². The molecule has 0 bridgehead atoms. The third kappa shape index (κ3) is 2.10. The Kier molecular flexibility index (Phi) is 2.80. The summed E-state index contributed by atoms with van der Waals surface area (Å²) in [4.78, 5) is 0. The highest BCUT2D eigenvalue weighted by molar-refractivity contribution is 5.71. The molecule has 0 unspecified atom stereocenters. The van der Waals surface area contributed by atoms with Gasteiger partial charge in [-0.3, -0.25) is 0 Å². The van der Waals surface area contributed by atoms with Crippen LogP contribution in [0, 0.1) is 6.92 Å². The molecule has 1 heterocycles. The van der Waals surface area contributed by atoms with Crippen LogP contribution < -0.4 is 0 Å². The van der Waals surface area contributed by atoms with Gasteiger partial charge in [0.1, 0.15) is 5.75 Å². The number of benzene rings is 2. The zero-order valence-corrected chi connectivity index (χ0v) is 10.6. The van der Waals surface area contributed by atoms with E-state index < -0.39 is 0 Å². The Hall–Kier alpha value is -2.55. The number of aromatic hydroxyl groups is 1. The summed E-state index contributed by atoms with van der Waals surface area (Å²) in [6.45, 7) is 2.01. The van der Waals surface area contributed by atoms with E-state index in [9.17, 15) is 5.11 Å². The van der Waals surface area contributed by atoms with E-state index in [0.717, 1.165) is 22.5 Å². The minimum atomic E-state index is 0.289. The molecule has 3 rings (SSSR count). The van der Waals surface area contributed by atoms with Crippen molar-refractivity contribution < 1.29 is 5.11 Å². The molecule has 0 radical (unpaired) electrons. The number of nitrogens with zero attached hydrogens (tertiary/aromatic N) is 2. The monoisotopic (exact) mass is 250 g/mol. The van der Waals surface area contributed by atoms with Gasteiger partial charge in [0.15, 0.2) is 0 Å². The second-order valence-electron chi connectivity index (χ2n) is 4.45. The summed E-state index contributed by atoms with van der Waals surface area (Å²) in [6, 6.07) is 17.3. The van der Waals surface area contributed by atoms with Gasteiger partial charge in [-0.15, -0.1) is 0 Å². The van der Waals surface area contributed by atoms with Gasteiger partial charge in [0.2, 0.25) is 0 Å². The molecule has 0 atom stereocenters. The van der Waals surface area contributed by atoms with E-state index in [1.165, 1.54) is 0 Å². The maximum atomic E-state index is 9.92. The second-order valence-corrected chi connectivity index (χ2v) is 4.45.